The number of thioether (sulfide) groups is 1. The van der Waals surface area contributed by atoms with E-state index in [4.69, 9.17) is 4.52 Å². The Morgan fingerprint density at radius 2 is 1.90 bits per heavy atom. The zero-order valence-electron chi connectivity index (χ0n) is 12.9. The van der Waals surface area contributed by atoms with Crippen LogP contribution in [0.4, 0.5) is 0 Å². The minimum Gasteiger partial charge on any atom is -0.388 e. The maximum Gasteiger partial charge on any atom is 0.232 e. The Bertz CT molecular complexity index is 563. The first kappa shape index (κ1) is 16.0. The lowest BCUT2D eigenvalue weighted by molar-refractivity contribution is 0.135. The summed E-state index contributed by atoms with van der Waals surface area (Å²) < 4.78 is 5.46. The summed E-state index contributed by atoms with van der Waals surface area (Å²) in [4.78, 5) is 4.40. The molecule has 2 aromatic rings. The topological polar surface area (TPSA) is 59.2 Å². The molecule has 0 radical (unpaired) electrons. The molecule has 2 atom stereocenters. The average molecular weight is 306 g/mol. The quantitative estimate of drug-likeness (QED) is 0.906. The van der Waals surface area contributed by atoms with E-state index < -0.39 is 6.10 Å². The van der Waals surface area contributed by atoms with Crippen molar-refractivity contribution in [1.82, 2.24) is 10.1 Å². The van der Waals surface area contributed by atoms with Crippen molar-refractivity contribution in [3.63, 3.8) is 0 Å². The minimum absolute atomic E-state index is 0.163. The lowest BCUT2D eigenvalue weighted by Crippen LogP contribution is -2.09. The number of nitrogens with zero attached hydrogens (tertiary/aromatic N) is 2. The van der Waals surface area contributed by atoms with E-state index in [2.05, 4.69) is 30.9 Å². The van der Waals surface area contributed by atoms with Crippen LogP contribution in [0.2, 0.25) is 0 Å². The first-order valence-corrected chi connectivity index (χ1v) is 8.05. The van der Waals surface area contributed by atoms with Crippen molar-refractivity contribution in [2.24, 2.45) is 0 Å². The van der Waals surface area contributed by atoms with Crippen LogP contribution in [0.25, 0.3) is 0 Å². The van der Waals surface area contributed by atoms with Gasteiger partial charge in [-0.3, -0.25) is 0 Å². The minimum atomic E-state index is -0.644. The van der Waals surface area contributed by atoms with Crippen LogP contribution in [0.1, 0.15) is 57.0 Å². The molecule has 0 saturated heterocycles. The van der Waals surface area contributed by atoms with E-state index in [1.54, 1.807) is 11.8 Å². The van der Waals surface area contributed by atoms with Crippen molar-refractivity contribution in [2.75, 3.05) is 0 Å². The summed E-state index contributed by atoms with van der Waals surface area (Å²) in [5.41, 5.74) is 0.855. The molecule has 1 N–H and O–H groups in total. The Hall–Kier alpha value is -1.33. The molecule has 1 aromatic heterocycles. The van der Waals surface area contributed by atoms with Gasteiger partial charge in [-0.15, -0.1) is 11.8 Å². The predicted octanol–water partition coefficient (Wildman–Crippen LogP) is 3.94. The number of hydrogen-bond acceptors (Lipinski definition) is 5. The molecular weight excluding hydrogens is 284 g/mol. The Morgan fingerprint density at radius 3 is 2.52 bits per heavy atom. The number of aliphatic hydroxyl groups excluding tert-OH is 1. The molecule has 1 heterocycles. The molecule has 0 aliphatic rings. The summed E-state index contributed by atoms with van der Waals surface area (Å²) in [6.45, 7) is 8.35. The Balaban J connectivity index is 2.03. The molecule has 2 unspecified atom stereocenters. The molecule has 0 aliphatic carbocycles. The van der Waals surface area contributed by atoms with Gasteiger partial charge in [0, 0.05) is 4.75 Å². The summed E-state index contributed by atoms with van der Waals surface area (Å²) in [5, 5.41) is 14.4. The lowest BCUT2D eigenvalue weighted by Gasteiger charge is -2.16. The highest BCUT2D eigenvalue weighted by atomic mass is 32.2. The third-order valence-electron chi connectivity index (χ3n) is 3.12. The van der Waals surface area contributed by atoms with Crippen LogP contribution < -0.4 is 0 Å². The van der Waals surface area contributed by atoms with Gasteiger partial charge >= 0.3 is 0 Å². The van der Waals surface area contributed by atoms with E-state index in [9.17, 15) is 5.11 Å². The number of benzene rings is 1. The van der Waals surface area contributed by atoms with E-state index >= 15 is 0 Å². The third-order valence-corrected chi connectivity index (χ3v) is 4.39. The zero-order chi connectivity index (χ0) is 15.5. The number of rotatable bonds is 5. The van der Waals surface area contributed by atoms with Crippen LogP contribution in [-0.2, 0) is 5.75 Å². The van der Waals surface area contributed by atoms with Gasteiger partial charge in [-0.2, -0.15) is 4.98 Å². The van der Waals surface area contributed by atoms with Crippen molar-refractivity contribution >= 4 is 11.8 Å². The maximum atomic E-state index is 10.4. The van der Waals surface area contributed by atoms with Gasteiger partial charge in [-0.05, 0) is 5.56 Å². The van der Waals surface area contributed by atoms with Crippen LogP contribution in [0.15, 0.2) is 34.9 Å². The van der Waals surface area contributed by atoms with E-state index in [1.165, 1.54) is 0 Å². The molecule has 4 nitrogen and oxygen atoms in total. The van der Waals surface area contributed by atoms with E-state index in [0.717, 1.165) is 5.56 Å². The molecule has 2 rings (SSSR count). The Labute approximate surface area is 130 Å². The summed E-state index contributed by atoms with van der Waals surface area (Å²) in [7, 11) is 0. The highest BCUT2D eigenvalue weighted by Gasteiger charge is 2.24. The molecule has 114 valence electrons. The van der Waals surface area contributed by atoms with E-state index in [0.29, 0.717) is 17.5 Å². The van der Waals surface area contributed by atoms with Crippen molar-refractivity contribution in [2.45, 2.75) is 50.2 Å². The van der Waals surface area contributed by atoms with Crippen molar-refractivity contribution in [3.05, 3.63) is 47.6 Å². The van der Waals surface area contributed by atoms with Gasteiger partial charge in [0.25, 0.3) is 0 Å². The van der Waals surface area contributed by atoms with Gasteiger partial charge in [0.2, 0.25) is 5.89 Å². The van der Waals surface area contributed by atoms with Crippen LogP contribution in [0, 0.1) is 0 Å². The molecule has 1 aromatic carbocycles. The highest BCUT2D eigenvalue weighted by molar-refractivity contribution is 7.99. The van der Waals surface area contributed by atoms with E-state index in [1.807, 2.05) is 37.3 Å². The molecule has 0 spiro atoms. The van der Waals surface area contributed by atoms with E-state index in [-0.39, 0.29) is 10.7 Å². The molecule has 5 heteroatoms. The van der Waals surface area contributed by atoms with Crippen LogP contribution in [0.3, 0.4) is 0 Å². The predicted molar refractivity (Wildman–Crippen MR) is 85.2 cm³/mol. The first-order valence-electron chi connectivity index (χ1n) is 7.06. The summed E-state index contributed by atoms with van der Waals surface area (Å²) in [6, 6.07) is 9.53. The SMILES string of the molecule is CC(c1nc(CSC(C)(C)C)no1)C(O)c1ccccc1. The molecule has 0 fully saturated rings. The molecule has 0 amide bonds. The van der Waals surface area contributed by atoms with Gasteiger partial charge < -0.3 is 9.63 Å². The van der Waals surface area contributed by atoms with Gasteiger partial charge in [0.05, 0.1) is 17.8 Å². The molecule has 0 aliphatic heterocycles. The largest absolute Gasteiger partial charge is 0.388 e. The fourth-order valence-corrected chi connectivity index (χ4v) is 2.55. The first-order chi connectivity index (χ1) is 9.87. The molecule has 0 saturated carbocycles. The second-order valence-corrected chi connectivity index (χ2v) is 7.90. The normalized spacial score (nSPS) is 14.9. The molecule has 0 bridgehead atoms. The smallest absolute Gasteiger partial charge is 0.232 e. The van der Waals surface area contributed by atoms with Gasteiger partial charge in [-0.25, -0.2) is 0 Å². The Morgan fingerprint density at radius 1 is 1.24 bits per heavy atom. The number of hydrogen-bond donors (Lipinski definition) is 1. The maximum absolute atomic E-state index is 10.4. The lowest BCUT2D eigenvalue weighted by atomic mass is 9.97. The fourth-order valence-electron chi connectivity index (χ4n) is 1.87. The van der Waals surface area contributed by atoms with Crippen molar-refractivity contribution < 1.29 is 9.63 Å². The second kappa shape index (κ2) is 6.62. The monoisotopic (exact) mass is 306 g/mol. The second-order valence-electron chi connectivity index (χ2n) is 6.09. The van der Waals surface area contributed by atoms with Gasteiger partial charge in [0.1, 0.15) is 0 Å². The third kappa shape index (κ3) is 4.58. The highest BCUT2D eigenvalue weighted by Crippen LogP contribution is 2.30. The standard InChI is InChI=1S/C16H22N2O2S/c1-11(14(19)12-8-6-5-7-9-12)15-17-13(18-20-15)10-21-16(2,3)4/h5-9,11,14,19H,10H2,1-4H3. The fraction of sp³-hybridized carbons (Fsp3) is 0.500. The average Bonchev–Trinajstić information content (AvgIpc) is 2.93. The number of aromatic nitrogens is 2. The van der Waals surface area contributed by atoms with Gasteiger partial charge in [-0.1, -0.05) is 63.2 Å². The van der Waals surface area contributed by atoms with Crippen LogP contribution in [-0.4, -0.2) is 20.0 Å². The summed E-state index contributed by atoms with van der Waals surface area (Å²) in [5.74, 6) is 1.64. The summed E-state index contributed by atoms with van der Waals surface area (Å²) in [6.07, 6.45) is -0.644. The zero-order valence-corrected chi connectivity index (χ0v) is 13.7. The van der Waals surface area contributed by atoms with Crippen molar-refractivity contribution in [3.8, 4) is 0 Å². The summed E-state index contributed by atoms with van der Waals surface area (Å²) >= 11 is 1.77. The van der Waals surface area contributed by atoms with Crippen LogP contribution >= 0.6 is 11.8 Å². The molecule has 21 heavy (non-hydrogen) atoms. The van der Waals surface area contributed by atoms with Gasteiger partial charge in [0.15, 0.2) is 5.82 Å². The number of aliphatic hydroxyl groups is 1. The molecular formula is C16H22N2O2S. The van der Waals surface area contributed by atoms with Crippen molar-refractivity contribution in [1.29, 1.82) is 0 Å². The Kier molecular flexibility index (Phi) is 5.06. The van der Waals surface area contributed by atoms with Crippen LogP contribution in [0.5, 0.6) is 0 Å².